The largest absolute Gasteiger partial charge is 0.478 e. The molecule has 2 heterocycles. The van der Waals surface area contributed by atoms with Crippen LogP contribution in [-0.2, 0) is 4.74 Å². The number of aliphatic imine (C=N–C) groups is 1. The van der Waals surface area contributed by atoms with Crippen LogP contribution in [-0.4, -0.2) is 17.6 Å². The summed E-state index contributed by atoms with van der Waals surface area (Å²) >= 11 is 0. The Morgan fingerprint density at radius 1 is 1.57 bits per heavy atom. The first-order valence-corrected chi connectivity index (χ1v) is 4.84. The number of ether oxygens (including phenoxy) is 1. The summed E-state index contributed by atoms with van der Waals surface area (Å²) in [7, 11) is 0. The van der Waals surface area contributed by atoms with Crippen molar-refractivity contribution in [3.63, 3.8) is 0 Å². The highest BCUT2D eigenvalue weighted by Gasteiger charge is 2.45. The van der Waals surface area contributed by atoms with E-state index in [-0.39, 0.29) is 0 Å². The zero-order chi connectivity index (χ0) is 9.76. The Balaban J connectivity index is 2.04. The maximum atomic E-state index is 5.76. The van der Waals surface area contributed by atoms with Gasteiger partial charge in [0.1, 0.15) is 6.26 Å². The molecule has 2 N–H and O–H groups in total. The summed E-state index contributed by atoms with van der Waals surface area (Å²) in [5.74, 6) is 0.529. The Labute approximate surface area is 82.7 Å². The van der Waals surface area contributed by atoms with E-state index in [2.05, 4.69) is 11.9 Å². The number of guanidine groups is 1. The molecule has 0 atom stereocenters. The van der Waals surface area contributed by atoms with Gasteiger partial charge < -0.3 is 10.5 Å². The third kappa shape index (κ3) is 0.908. The third-order valence-corrected chi connectivity index (χ3v) is 3.22. The Morgan fingerprint density at radius 3 is 3.07 bits per heavy atom. The molecule has 0 radical (unpaired) electrons. The van der Waals surface area contributed by atoms with E-state index < -0.39 is 0 Å². The van der Waals surface area contributed by atoms with E-state index in [1.807, 2.05) is 11.1 Å². The summed E-state index contributed by atoms with van der Waals surface area (Å²) in [6, 6.07) is 0. The first kappa shape index (κ1) is 7.91. The van der Waals surface area contributed by atoms with Crippen LogP contribution >= 0.6 is 0 Å². The summed E-state index contributed by atoms with van der Waals surface area (Å²) < 4.78 is 5.28. The molecule has 0 aromatic carbocycles. The molecule has 1 aliphatic carbocycles. The van der Waals surface area contributed by atoms with Gasteiger partial charge in [-0.2, -0.15) is 0 Å². The fourth-order valence-electron chi connectivity index (χ4n) is 1.91. The van der Waals surface area contributed by atoms with Crippen molar-refractivity contribution in [2.75, 3.05) is 6.73 Å². The third-order valence-electron chi connectivity index (χ3n) is 3.22. The maximum absolute atomic E-state index is 5.76. The molecule has 0 bridgehead atoms. The van der Waals surface area contributed by atoms with Crippen LogP contribution < -0.4 is 5.73 Å². The number of fused-ring (bicyclic) bond motifs is 1. The monoisotopic (exact) mass is 191 g/mol. The molecule has 4 heteroatoms. The van der Waals surface area contributed by atoms with Gasteiger partial charge in [0, 0.05) is 11.8 Å². The Morgan fingerprint density at radius 2 is 2.36 bits per heavy atom. The van der Waals surface area contributed by atoms with Crippen LogP contribution in [0, 0.1) is 5.41 Å². The van der Waals surface area contributed by atoms with Crippen LogP contribution in [0.4, 0.5) is 0 Å². The molecule has 3 aliphatic rings. The minimum absolute atomic E-state index is 0.308. The second-order valence-electron chi connectivity index (χ2n) is 4.32. The van der Waals surface area contributed by atoms with Crippen molar-refractivity contribution < 1.29 is 4.74 Å². The highest BCUT2D eigenvalue weighted by Crippen LogP contribution is 2.55. The highest BCUT2D eigenvalue weighted by atomic mass is 16.5. The minimum Gasteiger partial charge on any atom is -0.478 e. The van der Waals surface area contributed by atoms with Gasteiger partial charge in [-0.3, -0.25) is 4.90 Å². The topological polar surface area (TPSA) is 50.8 Å². The fraction of sp³-hybridized carbons (Fsp3) is 0.500. The van der Waals surface area contributed by atoms with E-state index in [1.165, 1.54) is 18.4 Å². The standard InChI is InChI=1S/C10H13N3O/c1-10(2-3-10)7-4-12-9(11)13-6-14-5-8(7)13/h4-5H,2-3,6H2,1H3,(H2,11,12). The van der Waals surface area contributed by atoms with E-state index in [4.69, 9.17) is 10.5 Å². The number of allylic oxidation sites excluding steroid dienone is 1. The lowest BCUT2D eigenvalue weighted by Gasteiger charge is -2.26. The van der Waals surface area contributed by atoms with E-state index in [0.717, 1.165) is 5.70 Å². The van der Waals surface area contributed by atoms with Crippen molar-refractivity contribution in [1.82, 2.24) is 4.90 Å². The fourth-order valence-corrected chi connectivity index (χ4v) is 1.91. The van der Waals surface area contributed by atoms with Crippen LogP contribution in [0.3, 0.4) is 0 Å². The molecule has 1 fully saturated rings. The minimum atomic E-state index is 0.308. The first-order chi connectivity index (χ1) is 6.71. The Kier molecular flexibility index (Phi) is 1.31. The number of rotatable bonds is 1. The molecule has 0 amide bonds. The van der Waals surface area contributed by atoms with Gasteiger partial charge in [-0.25, -0.2) is 4.99 Å². The molecular weight excluding hydrogens is 178 g/mol. The van der Waals surface area contributed by atoms with Gasteiger partial charge in [-0.15, -0.1) is 0 Å². The van der Waals surface area contributed by atoms with Gasteiger partial charge >= 0.3 is 0 Å². The van der Waals surface area contributed by atoms with E-state index in [0.29, 0.717) is 18.1 Å². The predicted molar refractivity (Wildman–Crippen MR) is 52.9 cm³/mol. The molecule has 2 aliphatic heterocycles. The van der Waals surface area contributed by atoms with Crippen LogP contribution in [0.15, 0.2) is 28.7 Å². The quantitative estimate of drug-likeness (QED) is 0.676. The summed E-state index contributed by atoms with van der Waals surface area (Å²) in [5.41, 5.74) is 8.43. The molecule has 3 rings (SSSR count). The Hall–Kier alpha value is -1.45. The average molecular weight is 191 g/mol. The molecule has 74 valence electrons. The number of hydrogen-bond donors (Lipinski definition) is 1. The summed E-state index contributed by atoms with van der Waals surface area (Å²) in [4.78, 5) is 6.11. The SMILES string of the molecule is CC1(C2=CN=C(N)N3COC=C23)CC1. The van der Waals surface area contributed by atoms with Gasteiger partial charge in [0.15, 0.2) is 6.73 Å². The van der Waals surface area contributed by atoms with Gasteiger partial charge in [0.2, 0.25) is 5.96 Å². The molecule has 0 aromatic heterocycles. The summed E-state index contributed by atoms with van der Waals surface area (Å²) in [5, 5.41) is 0. The summed E-state index contributed by atoms with van der Waals surface area (Å²) in [6.07, 6.45) is 6.15. The zero-order valence-electron chi connectivity index (χ0n) is 8.16. The van der Waals surface area contributed by atoms with Crippen LogP contribution in [0.2, 0.25) is 0 Å². The lowest BCUT2D eigenvalue weighted by Crippen LogP contribution is -2.37. The van der Waals surface area contributed by atoms with E-state index >= 15 is 0 Å². The number of nitrogens with zero attached hydrogens (tertiary/aromatic N) is 2. The highest BCUT2D eigenvalue weighted by molar-refractivity contribution is 5.83. The van der Waals surface area contributed by atoms with Gasteiger partial charge in [0.25, 0.3) is 0 Å². The van der Waals surface area contributed by atoms with Crippen LogP contribution in [0.25, 0.3) is 0 Å². The molecule has 14 heavy (non-hydrogen) atoms. The molecule has 0 unspecified atom stereocenters. The van der Waals surface area contributed by atoms with Crippen molar-refractivity contribution in [2.24, 2.45) is 16.1 Å². The smallest absolute Gasteiger partial charge is 0.203 e. The van der Waals surface area contributed by atoms with Crippen molar-refractivity contribution in [3.05, 3.63) is 23.7 Å². The number of nitrogens with two attached hydrogens (primary N) is 1. The maximum Gasteiger partial charge on any atom is 0.203 e. The lowest BCUT2D eigenvalue weighted by molar-refractivity contribution is 0.212. The summed E-state index contributed by atoms with van der Waals surface area (Å²) in [6.45, 7) is 2.76. The second kappa shape index (κ2) is 2.32. The normalized spacial score (nSPS) is 27.2. The second-order valence-corrected chi connectivity index (χ2v) is 4.32. The molecule has 0 saturated heterocycles. The van der Waals surface area contributed by atoms with E-state index in [1.54, 1.807) is 6.26 Å². The van der Waals surface area contributed by atoms with Crippen molar-refractivity contribution >= 4 is 5.96 Å². The van der Waals surface area contributed by atoms with Crippen LogP contribution in [0.5, 0.6) is 0 Å². The molecule has 1 saturated carbocycles. The van der Waals surface area contributed by atoms with Crippen molar-refractivity contribution in [1.29, 1.82) is 0 Å². The first-order valence-electron chi connectivity index (χ1n) is 4.84. The molecular formula is C10H13N3O. The van der Waals surface area contributed by atoms with E-state index in [9.17, 15) is 0 Å². The molecule has 0 spiro atoms. The lowest BCUT2D eigenvalue weighted by atomic mass is 9.95. The van der Waals surface area contributed by atoms with Crippen molar-refractivity contribution in [3.8, 4) is 0 Å². The van der Waals surface area contributed by atoms with Gasteiger partial charge in [-0.05, 0) is 18.3 Å². The predicted octanol–water partition coefficient (Wildman–Crippen LogP) is 1.13. The van der Waals surface area contributed by atoms with Crippen molar-refractivity contribution in [2.45, 2.75) is 19.8 Å². The van der Waals surface area contributed by atoms with Gasteiger partial charge in [0.05, 0.1) is 5.70 Å². The zero-order valence-corrected chi connectivity index (χ0v) is 8.16. The number of hydrogen-bond acceptors (Lipinski definition) is 4. The van der Waals surface area contributed by atoms with Gasteiger partial charge in [-0.1, -0.05) is 6.92 Å². The van der Waals surface area contributed by atoms with Crippen LogP contribution in [0.1, 0.15) is 19.8 Å². The molecule has 0 aromatic rings. The molecule has 4 nitrogen and oxygen atoms in total. The average Bonchev–Trinajstić information content (AvgIpc) is 2.74. The Bertz CT molecular complexity index is 377.